The van der Waals surface area contributed by atoms with Gasteiger partial charge in [0.1, 0.15) is 0 Å². The molecule has 0 aliphatic rings. The smallest absolute Gasteiger partial charge is 0.407 e. The lowest BCUT2D eigenvalue weighted by Gasteiger charge is -2.32. The Bertz CT molecular complexity index is 296. The second kappa shape index (κ2) is 7.87. The zero-order valence-corrected chi connectivity index (χ0v) is 14.5. The van der Waals surface area contributed by atoms with Gasteiger partial charge in [0, 0.05) is 12.1 Å². The van der Waals surface area contributed by atoms with Crippen molar-refractivity contribution >= 4 is 6.09 Å². The second-order valence-electron chi connectivity index (χ2n) is 7.36. The summed E-state index contributed by atoms with van der Waals surface area (Å²) in [6.07, 6.45) is 0.395. The van der Waals surface area contributed by atoms with E-state index in [4.69, 9.17) is 9.47 Å². The van der Waals surface area contributed by atoms with Gasteiger partial charge in [-0.25, -0.2) is 4.79 Å². The van der Waals surface area contributed by atoms with Gasteiger partial charge < -0.3 is 14.8 Å². The molecule has 20 heavy (non-hydrogen) atoms. The van der Waals surface area contributed by atoms with Gasteiger partial charge in [-0.3, -0.25) is 0 Å². The van der Waals surface area contributed by atoms with Crippen LogP contribution in [0.25, 0.3) is 0 Å². The maximum Gasteiger partial charge on any atom is 0.407 e. The molecule has 0 spiro atoms. The minimum Gasteiger partial charge on any atom is -0.449 e. The van der Waals surface area contributed by atoms with E-state index in [2.05, 4.69) is 33.0 Å². The summed E-state index contributed by atoms with van der Waals surface area (Å²) in [7, 11) is 0. The number of hydrogen-bond donors (Lipinski definition) is 1. The molecule has 4 nitrogen and oxygen atoms in total. The molecule has 0 radical (unpaired) electrons. The number of hydrogen-bond acceptors (Lipinski definition) is 3. The normalized spacial score (nSPS) is 12.9. The minimum absolute atomic E-state index is 0.145. The van der Waals surface area contributed by atoms with E-state index < -0.39 is 0 Å². The van der Waals surface area contributed by atoms with E-state index in [0.29, 0.717) is 25.0 Å². The van der Waals surface area contributed by atoms with Crippen molar-refractivity contribution < 1.29 is 14.3 Å². The van der Waals surface area contributed by atoms with Crippen LogP contribution in [0.4, 0.5) is 4.79 Å². The first-order chi connectivity index (χ1) is 8.96. The molecule has 0 aliphatic carbocycles. The van der Waals surface area contributed by atoms with Crippen LogP contribution in [0.3, 0.4) is 0 Å². The molecule has 0 rings (SSSR count). The number of amides is 1. The van der Waals surface area contributed by atoms with Gasteiger partial charge >= 0.3 is 6.09 Å². The molecule has 0 atom stereocenters. The van der Waals surface area contributed by atoms with Gasteiger partial charge in [0.25, 0.3) is 0 Å². The second-order valence-corrected chi connectivity index (χ2v) is 7.36. The Labute approximate surface area is 124 Å². The van der Waals surface area contributed by atoms with E-state index in [9.17, 15) is 4.79 Å². The predicted octanol–water partition coefficient (Wildman–Crippen LogP) is 3.99. The molecule has 0 saturated carbocycles. The van der Waals surface area contributed by atoms with E-state index in [1.807, 2.05) is 27.7 Å². The molecule has 0 unspecified atom stereocenters. The Balaban J connectivity index is 4.10. The number of alkyl carbamates (subject to hydrolysis) is 1. The lowest BCUT2D eigenvalue weighted by molar-refractivity contribution is -0.0560. The van der Waals surface area contributed by atoms with Crippen LogP contribution in [0.15, 0.2) is 0 Å². The first kappa shape index (κ1) is 19.2. The lowest BCUT2D eigenvalue weighted by atomic mass is 9.94. The number of carbonyl (C=O) groups excluding carboxylic acids is 1. The van der Waals surface area contributed by atoms with Crippen LogP contribution in [0.5, 0.6) is 0 Å². The summed E-state index contributed by atoms with van der Waals surface area (Å²) in [6.45, 7) is 17.5. The Morgan fingerprint density at radius 2 is 1.65 bits per heavy atom. The van der Waals surface area contributed by atoms with Gasteiger partial charge in [-0.05, 0) is 46.0 Å². The molecule has 0 heterocycles. The van der Waals surface area contributed by atoms with Crippen LogP contribution in [0.2, 0.25) is 0 Å². The molecule has 1 amide bonds. The molecule has 120 valence electrons. The van der Waals surface area contributed by atoms with E-state index in [-0.39, 0.29) is 17.2 Å². The Morgan fingerprint density at radius 1 is 1.10 bits per heavy atom. The van der Waals surface area contributed by atoms with Crippen molar-refractivity contribution in [3.8, 4) is 0 Å². The SMILES string of the molecule is CC(C)COC(=O)NC(C)(C)CCOC(C)(C)C(C)C. The molecule has 0 fully saturated rings. The van der Waals surface area contributed by atoms with E-state index >= 15 is 0 Å². The van der Waals surface area contributed by atoms with Gasteiger partial charge in [-0.2, -0.15) is 0 Å². The van der Waals surface area contributed by atoms with Gasteiger partial charge in [0.15, 0.2) is 0 Å². The maximum atomic E-state index is 11.7. The minimum atomic E-state index is -0.355. The number of nitrogens with one attached hydrogen (secondary N) is 1. The molecular weight excluding hydrogens is 254 g/mol. The van der Waals surface area contributed by atoms with Crippen molar-refractivity contribution in [1.82, 2.24) is 5.32 Å². The van der Waals surface area contributed by atoms with Crippen molar-refractivity contribution in [3.63, 3.8) is 0 Å². The molecule has 0 bridgehead atoms. The summed E-state index contributed by atoms with van der Waals surface area (Å²) in [5.41, 5.74) is -0.477. The van der Waals surface area contributed by atoms with Crippen molar-refractivity contribution in [1.29, 1.82) is 0 Å². The highest BCUT2D eigenvalue weighted by molar-refractivity contribution is 5.68. The zero-order chi connectivity index (χ0) is 16.0. The highest BCUT2D eigenvalue weighted by atomic mass is 16.5. The van der Waals surface area contributed by atoms with Crippen LogP contribution in [0.1, 0.15) is 61.8 Å². The molecule has 1 N–H and O–H groups in total. The van der Waals surface area contributed by atoms with E-state index in [1.54, 1.807) is 0 Å². The first-order valence-corrected chi connectivity index (χ1v) is 7.55. The highest BCUT2D eigenvalue weighted by Crippen LogP contribution is 2.21. The Hall–Kier alpha value is -0.770. The van der Waals surface area contributed by atoms with Crippen molar-refractivity contribution in [2.24, 2.45) is 11.8 Å². The molecule has 0 aromatic heterocycles. The number of ether oxygens (including phenoxy) is 2. The summed E-state index contributed by atoms with van der Waals surface area (Å²) in [5, 5.41) is 2.89. The molecule has 0 aromatic rings. The summed E-state index contributed by atoms with van der Waals surface area (Å²) in [4.78, 5) is 11.7. The fourth-order valence-electron chi connectivity index (χ4n) is 1.35. The van der Waals surface area contributed by atoms with Crippen LogP contribution in [-0.2, 0) is 9.47 Å². The standard InChI is InChI=1S/C16H33NO3/c1-12(2)11-19-14(18)17-15(5,6)9-10-20-16(7,8)13(3)4/h12-13H,9-11H2,1-8H3,(H,17,18). The third kappa shape index (κ3) is 8.41. The quantitative estimate of drug-likeness (QED) is 0.734. The van der Waals surface area contributed by atoms with Crippen LogP contribution >= 0.6 is 0 Å². The van der Waals surface area contributed by atoms with E-state index in [1.165, 1.54) is 0 Å². The van der Waals surface area contributed by atoms with Crippen molar-refractivity contribution in [2.75, 3.05) is 13.2 Å². The third-order valence-electron chi connectivity index (χ3n) is 3.58. The Kier molecular flexibility index (Phi) is 7.56. The molecular formula is C16H33NO3. The summed E-state index contributed by atoms with van der Waals surface area (Å²) in [5.74, 6) is 0.800. The first-order valence-electron chi connectivity index (χ1n) is 7.55. The fraction of sp³-hybridized carbons (Fsp3) is 0.938. The molecule has 0 saturated heterocycles. The number of carbonyl (C=O) groups is 1. The van der Waals surface area contributed by atoms with Crippen LogP contribution in [-0.4, -0.2) is 30.4 Å². The molecule has 0 aliphatic heterocycles. The predicted molar refractivity (Wildman–Crippen MR) is 82.9 cm³/mol. The van der Waals surface area contributed by atoms with Gasteiger partial charge in [-0.15, -0.1) is 0 Å². The number of rotatable bonds is 8. The summed E-state index contributed by atoms with van der Waals surface area (Å²) < 4.78 is 11.0. The largest absolute Gasteiger partial charge is 0.449 e. The highest BCUT2D eigenvalue weighted by Gasteiger charge is 2.26. The van der Waals surface area contributed by atoms with Crippen molar-refractivity contribution in [3.05, 3.63) is 0 Å². The topological polar surface area (TPSA) is 47.6 Å². The van der Waals surface area contributed by atoms with Gasteiger partial charge in [-0.1, -0.05) is 27.7 Å². The van der Waals surface area contributed by atoms with Crippen LogP contribution < -0.4 is 5.32 Å². The van der Waals surface area contributed by atoms with Crippen LogP contribution in [0, 0.1) is 11.8 Å². The molecule has 0 aromatic carbocycles. The van der Waals surface area contributed by atoms with Crippen molar-refractivity contribution in [2.45, 2.75) is 73.0 Å². The van der Waals surface area contributed by atoms with E-state index in [0.717, 1.165) is 6.42 Å². The average Bonchev–Trinajstić information content (AvgIpc) is 2.24. The average molecular weight is 287 g/mol. The summed E-state index contributed by atoms with van der Waals surface area (Å²) in [6, 6.07) is 0. The lowest BCUT2D eigenvalue weighted by Crippen LogP contribution is -2.45. The third-order valence-corrected chi connectivity index (χ3v) is 3.58. The zero-order valence-electron chi connectivity index (χ0n) is 14.5. The fourth-order valence-corrected chi connectivity index (χ4v) is 1.35. The summed E-state index contributed by atoms with van der Waals surface area (Å²) >= 11 is 0. The Morgan fingerprint density at radius 3 is 2.10 bits per heavy atom. The molecule has 4 heteroatoms. The maximum absolute atomic E-state index is 11.7. The van der Waals surface area contributed by atoms with Gasteiger partial charge in [0.05, 0.1) is 12.2 Å². The van der Waals surface area contributed by atoms with Gasteiger partial charge in [0.2, 0.25) is 0 Å². The monoisotopic (exact) mass is 287 g/mol.